The van der Waals surface area contributed by atoms with E-state index in [9.17, 15) is 9.59 Å². The molecule has 1 saturated heterocycles. The number of aromatic nitrogens is 2. The lowest BCUT2D eigenvalue weighted by Crippen LogP contribution is -2.29. The van der Waals surface area contributed by atoms with Gasteiger partial charge in [0.2, 0.25) is 5.91 Å². The number of nitrogens with zero attached hydrogens (tertiary/aromatic N) is 2. The highest BCUT2D eigenvalue weighted by atomic mass is 16.7. The lowest BCUT2D eigenvalue weighted by molar-refractivity contribution is -0.116. The van der Waals surface area contributed by atoms with E-state index in [1.54, 1.807) is 6.07 Å². The normalized spacial score (nSPS) is 18.7. The van der Waals surface area contributed by atoms with Gasteiger partial charge in [-0.25, -0.2) is 4.79 Å². The van der Waals surface area contributed by atoms with E-state index in [2.05, 4.69) is 22.4 Å². The Balaban J connectivity index is 1.36. The summed E-state index contributed by atoms with van der Waals surface area (Å²) in [4.78, 5) is 28.1. The first-order chi connectivity index (χ1) is 14.2. The molecule has 0 aliphatic carbocycles. The lowest BCUT2D eigenvalue weighted by Gasteiger charge is -2.12. The molecule has 1 aromatic heterocycles. The predicted molar refractivity (Wildman–Crippen MR) is 107 cm³/mol. The highest BCUT2D eigenvalue weighted by Gasteiger charge is 2.27. The molecule has 156 valence electrons. The molecule has 0 saturated carbocycles. The van der Waals surface area contributed by atoms with Crippen LogP contribution in [-0.2, 0) is 20.7 Å². The molecule has 0 bridgehead atoms. The largest absolute Gasteiger partial charge is 0.391 e. The van der Waals surface area contributed by atoms with Gasteiger partial charge in [-0.15, -0.1) is 0 Å². The summed E-state index contributed by atoms with van der Waals surface area (Å²) in [5, 5.41) is 11.7. The van der Waals surface area contributed by atoms with E-state index < -0.39 is 18.2 Å². The van der Waals surface area contributed by atoms with E-state index in [0.717, 1.165) is 32.1 Å². The van der Waals surface area contributed by atoms with Crippen molar-refractivity contribution < 1.29 is 19.4 Å². The van der Waals surface area contributed by atoms with Gasteiger partial charge < -0.3 is 19.9 Å². The van der Waals surface area contributed by atoms with E-state index in [0.29, 0.717) is 6.42 Å². The molecule has 2 N–H and O–H groups in total. The second kappa shape index (κ2) is 10.8. The summed E-state index contributed by atoms with van der Waals surface area (Å²) < 4.78 is 11.8. The van der Waals surface area contributed by atoms with Crippen molar-refractivity contribution in [2.24, 2.45) is 0 Å². The van der Waals surface area contributed by atoms with Gasteiger partial charge in [0.25, 0.3) is 0 Å². The van der Waals surface area contributed by atoms with Crippen LogP contribution in [0.25, 0.3) is 0 Å². The van der Waals surface area contributed by atoms with Gasteiger partial charge in [0, 0.05) is 12.6 Å². The zero-order chi connectivity index (χ0) is 20.5. The summed E-state index contributed by atoms with van der Waals surface area (Å²) in [6, 6.07) is 11.9. The van der Waals surface area contributed by atoms with Gasteiger partial charge in [0.1, 0.15) is 5.82 Å². The first kappa shape index (κ1) is 21.2. The molecule has 8 nitrogen and oxygen atoms in total. The zero-order valence-electron chi connectivity index (χ0n) is 16.3. The Morgan fingerprint density at radius 2 is 1.97 bits per heavy atom. The maximum atomic E-state index is 12.2. The summed E-state index contributed by atoms with van der Waals surface area (Å²) >= 11 is 0. The number of ether oxygens (including phenoxy) is 2. The number of carbonyl (C=O) groups excluding carboxylic acids is 1. The minimum absolute atomic E-state index is 0.154. The fraction of sp³-hybridized carbons (Fsp3) is 0.476. The Morgan fingerprint density at radius 1 is 1.17 bits per heavy atom. The molecule has 2 unspecified atom stereocenters. The topological polar surface area (TPSA) is 103 Å². The van der Waals surface area contributed by atoms with Crippen molar-refractivity contribution in [3.05, 3.63) is 58.6 Å². The minimum atomic E-state index is -0.737. The quantitative estimate of drug-likeness (QED) is 0.592. The van der Waals surface area contributed by atoms with Crippen LogP contribution in [0.4, 0.5) is 5.82 Å². The molecule has 3 rings (SSSR count). The number of hydrogen-bond acceptors (Lipinski definition) is 6. The first-order valence-electron chi connectivity index (χ1n) is 9.96. The number of rotatable bonds is 10. The van der Waals surface area contributed by atoms with E-state index in [1.165, 1.54) is 16.3 Å². The number of aryl methyl sites for hydroxylation is 1. The van der Waals surface area contributed by atoms with Crippen molar-refractivity contribution in [1.82, 2.24) is 9.55 Å². The number of aliphatic hydroxyl groups is 1. The number of carbonyl (C=O) groups is 1. The van der Waals surface area contributed by atoms with Crippen LogP contribution in [0.2, 0.25) is 0 Å². The third-order valence-corrected chi connectivity index (χ3v) is 4.75. The molecule has 1 aliphatic heterocycles. The Morgan fingerprint density at radius 3 is 2.69 bits per heavy atom. The molecule has 2 aromatic rings. The van der Waals surface area contributed by atoms with Gasteiger partial charge >= 0.3 is 5.69 Å². The maximum absolute atomic E-state index is 12.2. The summed E-state index contributed by atoms with van der Waals surface area (Å²) in [5.74, 6) is 0.0662. The summed E-state index contributed by atoms with van der Waals surface area (Å²) in [5.41, 5.74) is 0.795. The highest BCUT2D eigenvalue weighted by molar-refractivity contribution is 5.89. The number of hydrogen-bond donors (Lipinski definition) is 2. The van der Waals surface area contributed by atoms with Crippen molar-refractivity contribution in [2.75, 3.05) is 18.5 Å². The lowest BCUT2D eigenvalue weighted by atomic mass is 10.1. The second-order valence-electron chi connectivity index (χ2n) is 6.99. The SMILES string of the molecule is O=C(CCCCCCc1ccccc1)Nc1ccn(C2COC(CO)O2)c(=O)n1. The number of benzene rings is 1. The van der Waals surface area contributed by atoms with Gasteiger partial charge in [-0.1, -0.05) is 43.2 Å². The Bertz CT molecular complexity index is 840. The number of aliphatic hydroxyl groups excluding tert-OH is 1. The smallest absolute Gasteiger partial charge is 0.351 e. The minimum Gasteiger partial charge on any atom is -0.391 e. The van der Waals surface area contributed by atoms with Crippen LogP contribution in [0, 0.1) is 0 Å². The molecule has 1 fully saturated rings. The molecule has 1 aromatic carbocycles. The molecule has 29 heavy (non-hydrogen) atoms. The van der Waals surface area contributed by atoms with Crippen molar-refractivity contribution in [1.29, 1.82) is 0 Å². The summed E-state index contributed by atoms with van der Waals surface area (Å²) in [6.07, 6.45) is 5.56. The second-order valence-corrected chi connectivity index (χ2v) is 6.99. The van der Waals surface area contributed by atoms with Crippen molar-refractivity contribution in [2.45, 2.75) is 51.0 Å². The Hall–Kier alpha value is -2.55. The van der Waals surface area contributed by atoms with Gasteiger partial charge in [-0.05, 0) is 30.9 Å². The average Bonchev–Trinajstić information content (AvgIpc) is 3.20. The molecule has 2 heterocycles. The standard InChI is InChI=1S/C21H27N3O5/c25-14-20-28-15-19(29-20)24-13-12-17(23-21(24)27)22-18(26)11-7-2-1-4-8-16-9-5-3-6-10-16/h3,5-6,9-10,12-13,19-20,25H,1-2,4,7-8,11,14-15H2,(H,22,23,26,27). The van der Waals surface area contributed by atoms with E-state index >= 15 is 0 Å². The third-order valence-electron chi connectivity index (χ3n) is 4.75. The molecule has 1 aliphatic rings. The highest BCUT2D eigenvalue weighted by Crippen LogP contribution is 2.19. The fourth-order valence-electron chi connectivity index (χ4n) is 3.20. The van der Waals surface area contributed by atoms with Gasteiger partial charge in [-0.2, -0.15) is 4.98 Å². The first-order valence-corrected chi connectivity index (χ1v) is 9.96. The molecule has 0 radical (unpaired) electrons. The zero-order valence-corrected chi connectivity index (χ0v) is 16.3. The number of nitrogens with one attached hydrogen (secondary N) is 1. The number of unbranched alkanes of at least 4 members (excludes halogenated alkanes) is 3. The van der Waals surface area contributed by atoms with Crippen LogP contribution < -0.4 is 11.0 Å². The molecular formula is C21H27N3O5. The number of anilines is 1. The van der Waals surface area contributed by atoms with Crippen LogP contribution in [0.15, 0.2) is 47.4 Å². The van der Waals surface area contributed by atoms with Gasteiger partial charge in [0.15, 0.2) is 12.5 Å². The van der Waals surface area contributed by atoms with Crippen LogP contribution in [0.1, 0.15) is 43.9 Å². The van der Waals surface area contributed by atoms with Crippen LogP contribution in [0.3, 0.4) is 0 Å². The molecule has 0 spiro atoms. The van der Waals surface area contributed by atoms with Crippen LogP contribution in [0.5, 0.6) is 0 Å². The monoisotopic (exact) mass is 401 g/mol. The van der Waals surface area contributed by atoms with Crippen LogP contribution >= 0.6 is 0 Å². The summed E-state index contributed by atoms with van der Waals surface area (Å²) in [7, 11) is 0. The van der Waals surface area contributed by atoms with Gasteiger partial charge in [0.05, 0.1) is 13.2 Å². The Kier molecular flexibility index (Phi) is 7.92. The van der Waals surface area contributed by atoms with Gasteiger partial charge in [-0.3, -0.25) is 9.36 Å². The average molecular weight is 401 g/mol. The van der Waals surface area contributed by atoms with E-state index in [4.69, 9.17) is 14.6 Å². The summed E-state index contributed by atoms with van der Waals surface area (Å²) in [6.45, 7) is -0.123. The predicted octanol–water partition coefficient (Wildman–Crippen LogP) is 2.24. The number of amides is 1. The van der Waals surface area contributed by atoms with Crippen molar-refractivity contribution >= 4 is 11.7 Å². The Labute approximate surface area is 169 Å². The molecular weight excluding hydrogens is 374 g/mol. The molecule has 8 heteroatoms. The third kappa shape index (κ3) is 6.49. The van der Waals surface area contributed by atoms with E-state index in [-0.39, 0.29) is 24.9 Å². The van der Waals surface area contributed by atoms with Crippen molar-refractivity contribution in [3.8, 4) is 0 Å². The fourth-order valence-corrected chi connectivity index (χ4v) is 3.20. The maximum Gasteiger partial charge on any atom is 0.351 e. The van der Waals surface area contributed by atoms with E-state index in [1.807, 2.05) is 18.2 Å². The molecule has 2 atom stereocenters. The van der Waals surface area contributed by atoms with Crippen molar-refractivity contribution in [3.63, 3.8) is 0 Å². The molecule has 1 amide bonds. The van der Waals surface area contributed by atoms with Crippen LogP contribution in [-0.4, -0.2) is 40.1 Å².